The molecular weight excluding hydrogens is 208 g/mol. The van der Waals surface area contributed by atoms with Gasteiger partial charge in [-0.1, -0.05) is 43.2 Å². The average molecular weight is 232 g/mol. The van der Waals surface area contributed by atoms with Gasteiger partial charge in [0.1, 0.15) is 0 Å². The van der Waals surface area contributed by atoms with Gasteiger partial charge in [0.15, 0.2) is 0 Å². The maximum Gasteiger partial charge on any atom is 0.0206 e. The van der Waals surface area contributed by atoms with Crippen LogP contribution >= 0.6 is 0 Å². The summed E-state index contributed by atoms with van der Waals surface area (Å²) in [6, 6.07) is 10.7. The second-order valence-electron chi connectivity index (χ2n) is 5.24. The van der Waals surface area contributed by atoms with E-state index in [-0.39, 0.29) is 6.04 Å². The normalized spacial score (nSPS) is 17.0. The largest absolute Gasteiger partial charge is 0.326 e. The minimum Gasteiger partial charge on any atom is -0.326 e. The minimum atomic E-state index is 0.235. The van der Waals surface area contributed by atoms with Crippen molar-refractivity contribution in [3.8, 4) is 0 Å². The summed E-state index contributed by atoms with van der Waals surface area (Å²) in [5, 5.41) is 3.46. The predicted octanol–water partition coefficient (Wildman–Crippen LogP) is 2.34. The molecule has 1 atom stereocenters. The lowest BCUT2D eigenvalue weighted by Crippen LogP contribution is -2.36. The lowest BCUT2D eigenvalue weighted by molar-refractivity contribution is 0.542. The Hall–Kier alpha value is -0.860. The Morgan fingerprint density at radius 3 is 2.71 bits per heavy atom. The highest BCUT2D eigenvalue weighted by Gasteiger charge is 2.19. The van der Waals surface area contributed by atoms with Crippen LogP contribution < -0.4 is 11.1 Å². The molecule has 17 heavy (non-hydrogen) atoms. The first kappa shape index (κ1) is 12.6. The minimum absolute atomic E-state index is 0.235. The van der Waals surface area contributed by atoms with Crippen molar-refractivity contribution in [2.45, 2.75) is 38.1 Å². The zero-order valence-corrected chi connectivity index (χ0v) is 10.6. The fourth-order valence-electron chi connectivity index (χ4n) is 2.20. The van der Waals surface area contributed by atoms with Crippen LogP contribution in [0.25, 0.3) is 0 Å². The second-order valence-corrected chi connectivity index (χ2v) is 5.24. The maximum absolute atomic E-state index is 6.10. The molecule has 0 bridgehead atoms. The van der Waals surface area contributed by atoms with E-state index in [1.165, 1.54) is 31.2 Å². The van der Waals surface area contributed by atoms with Crippen LogP contribution in [-0.4, -0.2) is 19.1 Å². The van der Waals surface area contributed by atoms with Crippen molar-refractivity contribution in [1.29, 1.82) is 0 Å². The van der Waals surface area contributed by atoms with E-state index in [2.05, 4.69) is 29.6 Å². The SMILES string of the molecule is NC(CNCCCC1CC1)Cc1ccccc1. The monoisotopic (exact) mass is 232 g/mol. The Bertz CT molecular complexity index is 306. The fourth-order valence-corrected chi connectivity index (χ4v) is 2.20. The quantitative estimate of drug-likeness (QED) is 0.675. The number of rotatable bonds is 8. The topological polar surface area (TPSA) is 38.0 Å². The molecule has 1 saturated carbocycles. The van der Waals surface area contributed by atoms with Gasteiger partial charge in [-0.05, 0) is 37.3 Å². The second kappa shape index (κ2) is 6.77. The van der Waals surface area contributed by atoms with Gasteiger partial charge in [0.2, 0.25) is 0 Å². The van der Waals surface area contributed by atoms with Gasteiger partial charge in [0, 0.05) is 12.6 Å². The van der Waals surface area contributed by atoms with Crippen LogP contribution in [0.3, 0.4) is 0 Å². The Balaban J connectivity index is 1.52. The standard InChI is InChI=1S/C15H24N2/c16-15(11-14-5-2-1-3-6-14)12-17-10-4-7-13-8-9-13/h1-3,5-6,13,15,17H,4,7-12,16H2. The molecule has 1 unspecified atom stereocenters. The van der Waals surface area contributed by atoms with Crippen LogP contribution in [0.4, 0.5) is 0 Å². The summed E-state index contributed by atoms with van der Waals surface area (Å²) in [5.74, 6) is 1.05. The molecule has 94 valence electrons. The van der Waals surface area contributed by atoms with E-state index in [4.69, 9.17) is 5.73 Å². The molecule has 0 aliphatic heterocycles. The molecule has 1 aromatic rings. The molecule has 1 aliphatic rings. The van der Waals surface area contributed by atoms with Crippen molar-refractivity contribution in [3.05, 3.63) is 35.9 Å². The first-order valence-corrected chi connectivity index (χ1v) is 6.85. The molecule has 2 nitrogen and oxygen atoms in total. The van der Waals surface area contributed by atoms with Crippen LogP contribution in [0.1, 0.15) is 31.2 Å². The van der Waals surface area contributed by atoms with Crippen molar-refractivity contribution in [1.82, 2.24) is 5.32 Å². The zero-order valence-electron chi connectivity index (χ0n) is 10.6. The summed E-state index contributed by atoms with van der Waals surface area (Å²) in [5.41, 5.74) is 7.43. The third-order valence-electron chi connectivity index (χ3n) is 3.41. The predicted molar refractivity (Wildman–Crippen MR) is 72.9 cm³/mol. The number of benzene rings is 1. The summed E-state index contributed by atoms with van der Waals surface area (Å²) >= 11 is 0. The first-order valence-electron chi connectivity index (χ1n) is 6.85. The van der Waals surface area contributed by atoms with Crippen LogP contribution in [0, 0.1) is 5.92 Å². The Morgan fingerprint density at radius 1 is 1.24 bits per heavy atom. The summed E-state index contributed by atoms with van der Waals surface area (Å²) in [6.45, 7) is 2.05. The Morgan fingerprint density at radius 2 is 2.00 bits per heavy atom. The molecule has 1 aromatic carbocycles. The van der Waals surface area contributed by atoms with E-state index in [0.29, 0.717) is 0 Å². The molecular formula is C15H24N2. The van der Waals surface area contributed by atoms with Gasteiger partial charge in [-0.2, -0.15) is 0 Å². The van der Waals surface area contributed by atoms with Gasteiger partial charge in [-0.15, -0.1) is 0 Å². The number of hydrogen-bond donors (Lipinski definition) is 2. The van der Waals surface area contributed by atoms with E-state index >= 15 is 0 Å². The van der Waals surface area contributed by atoms with Crippen LogP contribution in [0.15, 0.2) is 30.3 Å². The molecule has 2 rings (SSSR count). The first-order chi connectivity index (χ1) is 8.34. The van der Waals surface area contributed by atoms with Gasteiger partial charge in [0.25, 0.3) is 0 Å². The highest BCUT2D eigenvalue weighted by molar-refractivity contribution is 5.15. The van der Waals surface area contributed by atoms with Crippen molar-refractivity contribution in [3.63, 3.8) is 0 Å². The molecule has 0 radical (unpaired) electrons. The third kappa shape index (κ3) is 5.33. The summed E-state index contributed by atoms with van der Waals surface area (Å²) in [4.78, 5) is 0. The lowest BCUT2D eigenvalue weighted by atomic mass is 10.1. The van der Waals surface area contributed by atoms with E-state index in [1.807, 2.05) is 6.07 Å². The number of nitrogens with one attached hydrogen (secondary N) is 1. The highest BCUT2D eigenvalue weighted by atomic mass is 14.9. The summed E-state index contributed by atoms with van der Waals surface area (Å²) < 4.78 is 0. The van der Waals surface area contributed by atoms with E-state index in [1.54, 1.807) is 0 Å². The van der Waals surface area contributed by atoms with E-state index in [9.17, 15) is 0 Å². The molecule has 2 heteroatoms. The van der Waals surface area contributed by atoms with Crippen LogP contribution in [-0.2, 0) is 6.42 Å². The van der Waals surface area contributed by atoms with Crippen molar-refractivity contribution >= 4 is 0 Å². The van der Waals surface area contributed by atoms with Gasteiger partial charge in [-0.3, -0.25) is 0 Å². The molecule has 0 saturated heterocycles. The molecule has 0 heterocycles. The average Bonchev–Trinajstić information content (AvgIpc) is 3.14. The lowest BCUT2D eigenvalue weighted by Gasteiger charge is -2.12. The molecule has 3 N–H and O–H groups in total. The van der Waals surface area contributed by atoms with Gasteiger partial charge < -0.3 is 11.1 Å². The smallest absolute Gasteiger partial charge is 0.0206 e. The summed E-state index contributed by atoms with van der Waals surface area (Å²) in [6.07, 6.45) is 6.61. The van der Waals surface area contributed by atoms with Crippen molar-refractivity contribution in [2.24, 2.45) is 11.7 Å². The molecule has 0 aromatic heterocycles. The third-order valence-corrected chi connectivity index (χ3v) is 3.41. The molecule has 1 aliphatic carbocycles. The Labute approximate surface area is 105 Å². The highest BCUT2D eigenvalue weighted by Crippen LogP contribution is 2.33. The molecule has 0 spiro atoms. The number of hydrogen-bond acceptors (Lipinski definition) is 2. The molecule has 1 fully saturated rings. The van der Waals surface area contributed by atoms with Crippen LogP contribution in [0.5, 0.6) is 0 Å². The zero-order chi connectivity index (χ0) is 11.9. The van der Waals surface area contributed by atoms with Crippen LogP contribution in [0.2, 0.25) is 0 Å². The van der Waals surface area contributed by atoms with E-state index < -0.39 is 0 Å². The fraction of sp³-hybridized carbons (Fsp3) is 0.600. The number of nitrogens with two attached hydrogens (primary N) is 1. The van der Waals surface area contributed by atoms with Crippen molar-refractivity contribution in [2.75, 3.05) is 13.1 Å². The van der Waals surface area contributed by atoms with Gasteiger partial charge in [0.05, 0.1) is 0 Å². The van der Waals surface area contributed by atoms with Crippen molar-refractivity contribution < 1.29 is 0 Å². The summed E-state index contributed by atoms with van der Waals surface area (Å²) in [7, 11) is 0. The van der Waals surface area contributed by atoms with E-state index in [0.717, 1.165) is 25.4 Å². The molecule has 0 amide bonds. The Kier molecular flexibility index (Phi) is 5.02. The van der Waals surface area contributed by atoms with Gasteiger partial charge in [-0.25, -0.2) is 0 Å². The maximum atomic E-state index is 6.10. The van der Waals surface area contributed by atoms with Gasteiger partial charge >= 0.3 is 0 Å².